The fourth-order valence-electron chi connectivity index (χ4n) is 5.11. The molecule has 5 atom stereocenters. The van der Waals surface area contributed by atoms with Crippen molar-refractivity contribution in [3.63, 3.8) is 0 Å². The van der Waals surface area contributed by atoms with Crippen molar-refractivity contribution in [1.29, 1.82) is 0 Å². The topological polar surface area (TPSA) is 120 Å². The molecular weight excluding hydrogens is 534 g/mol. The normalized spacial score (nSPS) is 22.8. The van der Waals surface area contributed by atoms with E-state index in [9.17, 15) is 19.2 Å². The standard InChI is InChI=1S/C32H41N5O5/c1-20(2)27(35-29(38)21(3)36(4)5)32(41)37-18-16-26-28(37)31(40)34-25(19-23-9-7-6-8-10-23)30(39)33-17-15-22-11-13-24(42-26)14-12-22/h6-15,17,20-21,25-28H,16,18-19H2,1-5H3,(H,33,39)(H,34,40)(H,35,38)/b17-15-/t21-,25-,26-,27-,28?/m0/s1. The van der Waals surface area contributed by atoms with Crippen molar-refractivity contribution in [2.75, 3.05) is 20.6 Å². The molecule has 1 saturated heterocycles. The molecule has 3 heterocycles. The van der Waals surface area contributed by atoms with Gasteiger partial charge in [0.15, 0.2) is 0 Å². The third-order valence-electron chi connectivity index (χ3n) is 7.86. The molecule has 0 aliphatic carbocycles. The molecule has 2 aromatic carbocycles. The van der Waals surface area contributed by atoms with Crippen LogP contribution in [0.4, 0.5) is 0 Å². The summed E-state index contributed by atoms with van der Waals surface area (Å²) in [6.07, 6.45) is 3.34. The van der Waals surface area contributed by atoms with Crippen LogP contribution in [-0.4, -0.2) is 84.3 Å². The van der Waals surface area contributed by atoms with Crippen LogP contribution in [0.15, 0.2) is 60.8 Å². The van der Waals surface area contributed by atoms with Crippen LogP contribution in [0.2, 0.25) is 0 Å². The first-order valence-electron chi connectivity index (χ1n) is 14.4. The maximum atomic E-state index is 14.0. The molecule has 0 aromatic heterocycles. The van der Waals surface area contributed by atoms with Gasteiger partial charge in [-0.05, 0) is 56.3 Å². The highest BCUT2D eigenvalue weighted by molar-refractivity contribution is 5.96. The first-order chi connectivity index (χ1) is 20.0. The highest BCUT2D eigenvalue weighted by Crippen LogP contribution is 2.27. The zero-order chi connectivity index (χ0) is 30.4. The van der Waals surface area contributed by atoms with E-state index in [1.54, 1.807) is 50.3 Å². The lowest BCUT2D eigenvalue weighted by molar-refractivity contribution is -0.144. The first-order valence-corrected chi connectivity index (χ1v) is 14.4. The summed E-state index contributed by atoms with van der Waals surface area (Å²) in [5, 5.41) is 8.59. The number of nitrogens with one attached hydrogen (secondary N) is 3. The summed E-state index contributed by atoms with van der Waals surface area (Å²) in [5.74, 6) is -1.17. The highest BCUT2D eigenvalue weighted by Gasteiger charge is 2.46. The molecule has 3 aliphatic rings. The van der Waals surface area contributed by atoms with E-state index >= 15 is 0 Å². The minimum absolute atomic E-state index is 0.228. The van der Waals surface area contributed by atoms with Gasteiger partial charge in [0, 0.05) is 25.6 Å². The van der Waals surface area contributed by atoms with Crippen LogP contribution >= 0.6 is 0 Å². The van der Waals surface area contributed by atoms with Gasteiger partial charge in [-0.25, -0.2) is 0 Å². The molecule has 2 bridgehead atoms. The third kappa shape index (κ3) is 7.36. The number of carbonyl (C=O) groups excluding carboxylic acids is 4. The van der Waals surface area contributed by atoms with Gasteiger partial charge in [0.25, 0.3) is 0 Å². The summed E-state index contributed by atoms with van der Waals surface area (Å²) in [6.45, 7) is 5.74. The quantitative estimate of drug-likeness (QED) is 0.464. The van der Waals surface area contributed by atoms with Crippen molar-refractivity contribution in [2.45, 2.75) is 63.9 Å². The maximum Gasteiger partial charge on any atom is 0.247 e. The minimum atomic E-state index is -1.01. The van der Waals surface area contributed by atoms with Crippen LogP contribution in [-0.2, 0) is 25.6 Å². The minimum Gasteiger partial charge on any atom is -0.488 e. The summed E-state index contributed by atoms with van der Waals surface area (Å²) in [6, 6.07) is 13.5. The van der Waals surface area contributed by atoms with E-state index in [1.807, 2.05) is 56.3 Å². The predicted octanol–water partition coefficient (Wildman–Crippen LogP) is 1.95. The Bertz CT molecular complexity index is 1290. The Balaban J connectivity index is 1.66. The molecule has 4 amide bonds. The number of rotatable bonds is 7. The van der Waals surface area contributed by atoms with Gasteiger partial charge >= 0.3 is 0 Å². The van der Waals surface area contributed by atoms with Crippen LogP contribution in [0.3, 0.4) is 0 Å². The van der Waals surface area contributed by atoms with Gasteiger partial charge in [-0.2, -0.15) is 0 Å². The van der Waals surface area contributed by atoms with Crippen molar-refractivity contribution in [1.82, 2.24) is 25.8 Å². The molecule has 10 nitrogen and oxygen atoms in total. The molecule has 0 saturated carbocycles. The number of ether oxygens (including phenoxy) is 1. The van der Waals surface area contributed by atoms with Gasteiger partial charge in [-0.1, -0.05) is 56.3 Å². The number of benzene rings is 2. The fraction of sp³-hybridized carbons (Fsp3) is 0.438. The molecule has 3 aliphatic heterocycles. The lowest BCUT2D eigenvalue weighted by atomic mass is 10.0. The summed E-state index contributed by atoms with van der Waals surface area (Å²) in [4.78, 5) is 57.5. The van der Waals surface area contributed by atoms with Gasteiger partial charge in [0.05, 0.1) is 6.04 Å². The summed E-state index contributed by atoms with van der Waals surface area (Å²) in [5.41, 5.74) is 1.74. The number of likely N-dealkylation sites (tertiary alicyclic amines) is 1. The average molecular weight is 576 g/mol. The molecular formula is C32H41N5O5. The Kier molecular flexibility index (Phi) is 10.0. The van der Waals surface area contributed by atoms with Gasteiger partial charge in [-0.15, -0.1) is 0 Å². The SMILES string of the molecule is CC(C)[C@H](NC(=O)[C@H](C)N(C)C)C(=O)N1CC[C@@H]2Oc3ccc(cc3)/C=C\NC(=O)[C@H](Cc3ccccc3)NC(=O)C21. The van der Waals surface area contributed by atoms with E-state index in [0.29, 0.717) is 12.2 Å². The predicted molar refractivity (Wildman–Crippen MR) is 160 cm³/mol. The average Bonchev–Trinajstić information content (AvgIpc) is 3.39. The number of amides is 4. The van der Waals surface area contributed by atoms with E-state index in [-0.39, 0.29) is 36.6 Å². The number of fused-ring (bicyclic) bond motifs is 7. The first kappa shape index (κ1) is 30.8. The van der Waals surface area contributed by atoms with Crippen LogP contribution in [0, 0.1) is 5.92 Å². The Morgan fingerprint density at radius 1 is 1.02 bits per heavy atom. The maximum absolute atomic E-state index is 14.0. The molecule has 5 rings (SSSR count). The number of likely N-dealkylation sites (N-methyl/N-ethyl adjacent to an activating group) is 1. The van der Waals surface area contributed by atoms with Gasteiger partial charge < -0.3 is 25.6 Å². The smallest absolute Gasteiger partial charge is 0.247 e. The number of nitrogens with zero attached hydrogens (tertiary/aromatic N) is 2. The summed E-state index contributed by atoms with van der Waals surface area (Å²) >= 11 is 0. The van der Waals surface area contributed by atoms with E-state index < -0.39 is 36.2 Å². The fourth-order valence-corrected chi connectivity index (χ4v) is 5.11. The van der Waals surface area contributed by atoms with Gasteiger partial charge in [0.2, 0.25) is 23.6 Å². The van der Waals surface area contributed by atoms with Crippen molar-refractivity contribution in [3.05, 3.63) is 71.9 Å². The lowest BCUT2D eigenvalue weighted by Gasteiger charge is -2.33. The number of hydrogen-bond acceptors (Lipinski definition) is 6. The van der Waals surface area contributed by atoms with Crippen LogP contribution < -0.4 is 20.7 Å². The lowest BCUT2D eigenvalue weighted by Crippen LogP contribution is -2.60. The molecule has 0 radical (unpaired) electrons. The Morgan fingerprint density at radius 2 is 1.71 bits per heavy atom. The van der Waals surface area contributed by atoms with E-state index in [0.717, 1.165) is 11.1 Å². The number of carbonyl (C=O) groups is 4. The second-order valence-electron chi connectivity index (χ2n) is 11.5. The Hall–Kier alpha value is -4.18. The number of hydrogen-bond donors (Lipinski definition) is 3. The van der Waals surface area contributed by atoms with Crippen LogP contribution in [0.25, 0.3) is 6.08 Å². The van der Waals surface area contributed by atoms with Crippen LogP contribution in [0.5, 0.6) is 5.75 Å². The molecule has 1 fully saturated rings. The molecule has 0 spiro atoms. The largest absolute Gasteiger partial charge is 0.488 e. The van der Waals surface area contributed by atoms with E-state index in [2.05, 4.69) is 16.0 Å². The van der Waals surface area contributed by atoms with Crippen molar-refractivity contribution < 1.29 is 23.9 Å². The van der Waals surface area contributed by atoms with Crippen molar-refractivity contribution >= 4 is 29.7 Å². The van der Waals surface area contributed by atoms with Gasteiger partial charge in [-0.3, -0.25) is 24.1 Å². The molecule has 1 unspecified atom stereocenters. The molecule has 10 heteroatoms. The van der Waals surface area contributed by atoms with Crippen molar-refractivity contribution in [3.8, 4) is 5.75 Å². The highest BCUT2D eigenvalue weighted by atomic mass is 16.5. The zero-order valence-electron chi connectivity index (χ0n) is 24.9. The third-order valence-corrected chi connectivity index (χ3v) is 7.86. The zero-order valence-corrected chi connectivity index (χ0v) is 24.9. The van der Waals surface area contributed by atoms with Gasteiger partial charge in [0.1, 0.15) is 30.0 Å². The summed E-state index contributed by atoms with van der Waals surface area (Å²) in [7, 11) is 3.59. The Labute approximate surface area is 247 Å². The molecule has 2 aromatic rings. The summed E-state index contributed by atoms with van der Waals surface area (Å²) < 4.78 is 6.28. The Morgan fingerprint density at radius 3 is 2.36 bits per heavy atom. The van der Waals surface area contributed by atoms with E-state index in [1.165, 1.54) is 4.90 Å². The van der Waals surface area contributed by atoms with E-state index in [4.69, 9.17) is 4.74 Å². The molecule has 224 valence electrons. The van der Waals surface area contributed by atoms with Crippen LogP contribution in [0.1, 0.15) is 38.3 Å². The monoisotopic (exact) mass is 575 g/mol. The molecule has 3 N–H and O–H groups in total. The molecule has 42 heavy (non-hydrogen) atoms. The second kappa shape index (κ2) is 13.7. The van der Waals surface area contributed by atoms with Crippen molar-refractivity contribution in [2.24, 2.45) is 5.92 Å². The second-order valence-corrected chi connectivity index (χ2v) is 11.5.